The minimum Gasteiger partial charge on any atom is -0.354 e. The molecule has 1 atom stereocenters. The van der Waals surface area contributed by atoms with Crippen LogP contribution in [0.4, 0.5) is 19.0 Å². The van der Waals surface area contributed by atoms with Gasteiger partial charge in [-0.1, -0.05) is 0 Å². The van der Waals surface area contributed by atoms with E-state index >= 15 is 0 Å². The number of fused-ring (bicyclic) bond motifs is 3. The molecule has 1 amide bonds. The van der Waals surface area contributed by atoms with Crippen LogP contribution in [0.3, 0.4) is 0 Å². The van der Waals surface area contributed by atoms with Crippen molar-refractivity contribution in [3.8, 4) is 0 Å². The molecule has 11 heteroatoms. The number of nitrogens with zero attached hydrogens (tertiary/aromatic N) is 5. The Morgan fingerprint density at radius 2 is 2.19 bits per heavy atom. The Balaban J connectivity index is 1.62. The summed E-state index contributed by atoms with van der Waals surface area (Å²) in [6, 6.07) is 1.48. The number of H-pyrrole nitrogens is 1. The topological polar surface area (TPSA) is 99.7 Å². The lowest BCUT2D eigenvalue weighted by Gasteiger charge is -2.20. The first-order valence-electron chi connectivity index (χ1n) is 8.39. The van der Waals surface area contributed by atoms with Gasteiger partial charge in [-0.05, 0) is 19.4 Å². The van der Waals surface area contributed by atoms with Crippen molar-refractivity contribution in [3.05, 3.63) is 18.1 Å². The summed E-state index contributed by atoms with van der Waals surface area (Å²) < 4.78 is 37.1. The minimum atomic E-state index is -4.51. The van der Waals surface area contributed by atoms with E-state index < -0.39 is 18.5 Å². The van der Waals surface area contributed by atoms with E-state index in [9.17, 15) is 18.0 Å². The van der Waals surface area contributed by atoms with E-state index in [1.807, 2.05) is 11.0 Å². The van der Waals surface area contributed by atoms with Crippen molar-refractivity contribution < 1.29 is 18.0 Å². The summed E-state index contributed by atoms with van der Waals surface area (Å²) in [5.74, 6) is 0.146. The Bertz CT molecular complexity index is 1020. The standard InChI is InChI=1S/C16H16F3N7O/c1-8-21-14-12(10-2-4-20-13(10)24-25-14)15(22-8)26-5-3-9(7-26)23-11(27)6-16(17,18)19/h2,4,9H,3,5-7H2,1H3,(H,20,24)(H,23,27). The molecule has 0 spiro atoms. The van der Waals surface area contributed by atoms with Crippen molar-refractivity contribution in [1.82, 2.24) is 30.5 Å². The van der Waals surface area contributed by atoms with Crippen molar-refractivity contribution in [2.75, 3.05) is 18.0 Å². The summed E-state index contributed by atoms with van der Waals surface area (Å²) in [4.78, 5) is 25.3. The number of aromatic nitrogens is 5. The fraction of sp³-hybridized carbons (Fsp3) is 0.438. The highest BCUT2D eigenvalue weighted by atomic mass is 19.4. The molecule has 1 saturated heterocycles. The molecule has 0 bridgehead atoms. The molecule has 0 aromatic carbocycles. The Morgan fingerprint density at radius 1 is 1.37 bits per heavy atom. The fourth-order valence-electron chi connectivity index (χ4n) is 3.36. The van der Waals surface area contributed by atoms with Gasteiger partial charge in [0.15, 0.2) is 11.3 Å². The van der Waals surface area contributed by atoms with Gasteiger partial charge in [0.05, 0.1) is 5.39 Å². The monoisotopic (exact) mass is 379 g/mol. The molecule has 3 aromatic rings. The average molecular weight is 379 g/mol. The third kappa shape index (κ3) is 3.49. The van der Waals surface area contributed by atoms with Crippen molar-refractivity contribution in [3.63, 3.8) is 0 Å². The van der Waals surface area contributed by atoms with Crippen molar-refractivity contribution >= 4 is 33.8 Å². The summed E-state index contributed by atoms with van der Waals surface area (Å²) in [7, 11) is 0. The molecule has 3 aromatic heterocycles. The van der Waals surface area contributed by atoms with Crippen molar-refractivity contribution in [1.29, 1.82) is 0 Å². The SMILES string of the molecule is Cc1nc(N2CCC(NC(=O)CC(F)(F)F)C2)c2c(nnc3[nH]ccc32)n1. The molecular formula is C16H16F3N7O. The first kappa shape index (κ1) is 17.4. The van der Waals surface area contributed by atoms with Crippen molar-refractivity contribution in [2.24, 2.45) is 0 Å². The molecule has 0 radical (unpaired) electrons. The predicted molar refractivity (Wildman–Crippen MR) is 91.2 cm³/mol. The average Bonchev–Trinajstić information content (AvgIpc) is 3.20. The van der Waals surface area contributed by atoms with Gasteiger partial charge in [-0.15, -0.1) is 10.2 Å². The molecule has 2 N–H and O–H groups in total. The summed E-state index contributed by atoms with van der Waals surface area (Å²) in [5.41, 5.74) is 1.06. The van der Waals surface area contributed by atoms with Gasteiger partial charge in [-0.25, -0.2) is 9.97 Å². The van der Waals surface area contributed by atoms with E-state index in [1.54, 1.807) is 13.1 Å². The zero-order valence-corrected chi connectivity index (χ0v) is 14.3. The van der Waals surface area contributed by atoms with Gasteiger partial charge in [0.2, 0.25) is 5.91 Å². The van der Waals surface area contributed by atoms with E-state index in [-0.39, 0.29) is 6.04 Å². The zero-order valence-electron chi connectivity index (χ0n) is 14.3. The second-order valence-electron chi connectivity index (χ2n) is 6.52. The number of amides is 1. The lowest BCUT2D eigenvalue weighted by molar-refractivity contribution is -0.154. The van der Waals surface area contributed by atoms with Gasteiger partial charge in [0.1, 0.15) is 18.1 Å². The smallest absolute Gasteiger partial charge is 0.354 e. The molecule has 8 nitrogen and oxygen atoms in total. The second kappa shape index (κ2) is 6.32. The number of nitrogens with one attached hydrogen (secondary N) is 2. The maximum atomic E-state index is 12.4. The van der Waals surface area contributed by atoms with Crippen LogP contribution in [0.1, 0.15) is 18.7 Å². The van der Waals surface area contributed by atoms with Crippen LogP contribution >= 0.6 is 0 Å². The lowest BCUT2D eigenvalue weighted by Crippen LogP contribution is -2.39. The number of alkyl halides is 3. The number of hydrogen-bond donors (Lipinski definition) is 2. The van der Waals surface area contributed by atoms with E-state index in [2.05, 4.69) is 30.5 Å². The van der Waals surface area contributed by atoms with Gasteiger partial charge >= 0.3 is 6.18 Å². The van der Waals surface area contributed by atoms with E-state index in [0.717, 1.165) is 10.8 Å². The summed E-state index contributed by atoms with van der Waals surface area (Å²) in [6.07, 6.45) is -3.71. The van der Waals surface area contributed by atoms with Crippen LogP contribution < -0.4 is 10.2 Å². The molecule has 27 heavy (non-hydrogen) atoms. The number of halogens is 3. The predicted octanol–water partition coefficient (Wildman–Crippen LogP) is 1.86. The Morgan fingerprint density at radius 3 is 2.96 bits per heavy atom. The van der Waals surface area contributed by atoms with Crippen LogP contribution in [0.5, 0.6) is 0 Å². The maximum Gasteiger partial charge on any atom is 0.397 e. The number of anilines is 1. The summed E-state index contributed by atoms with van der Waals surface area (Å²) >= 11 is 0. The number of hydrogen-bond acceptors (Lipinski definition) is 6. The van der Waals surface area contributed by atoms with Crippen LogP contribution in [0, 0.1) is 6.92 Å². The zero-order chi connectivity index (χ0) is 19.2. The third-order valence-electron chi connectivity index (χ3n) is 4.44. The van der Waals surface area contributed by atoms with Crippen molar-refractivity contribution in [2.45, 2.75) is 32.0 Å². The highest BCUT2D eigenvalue weighted by molar-refractivity contribution is 6.07. The molecule has 4 heterocycles. The molecular weight excluding hydrogens is 363 g/mol. The highest BCUT2D eigenvalue weighted by Gasteiger charge is 2.33. The Kier molecular flexibility index (Phi) is 4.08. The Hall–Kier alpha value is -2.98. The molecule has 1 aliphatic rings. The molecule has 142 valence electrons. The summed E-state index contributed by atoms with van der Waals surface area (Å²) in [5, 5.41) is 12.2. The number of aromatic amines is 1. The second-order valence-corrected chi connectivity index (χ2v) is 6.52. The van der Waals surface area contributed by atoms with E-state index in [4.69, 9.17) is 0 Å². The van der Waals surface area contributed by atoms with Gasteiger partial charge in [0, 0.05) is 30.7 Å². The van der Waals surface area contributed by atoms with Gasteiger partial charge in [0.25, 0.3) is 0 Å². The third-order valence-corrected chi connectivity index (χ3v) is 4.44. The first-order valence-corrected chi connectivity index (χ1v) is 8.39. The molecule has 1 fully saturated rings. The molecule has 1 unspecified atom stereocenters. The largest absolute Gasteiger partial charge is 0.397 e. The van der Waals surface area contributed by atoms with Crippen LogP contribution in [0.25, 0.3) is 22.1 Å². The maximum absolute atomic E-state index is 12.4. The number of aryl methyl sites for hydroxylation is 1. The first-order chi connectivity index (χ1) is 12.8. The number of carbonyl (C=O) groups excluding carboxylic acids is 1. The van der Waals surface area contributed by atoms with Gasteiger partial charge in [-0.2, -0.15) is 13.2 Å². The van der Waals surface area contributed by atoms with E-state index in [1.165, 1.54) is 0 Å². The molecule has 0 aliphatic carbocycles. The van der Waals surface area contributed by atoms with Crippen LogP contribution in [0.2, 0.25) is 0 Å². The normalized spacial score (nSPS) is 17.8. The van der Waals surface area contributed by atoms with Crippen LogP contribution in [-0.2, 0) is 4.79 Å². The van der Waals surface area contributed by atoms with Crippen LogP contribution in [-0.4, -0.2) is 56.4 Å². The fourth-order valence-corrected chi connectivity index (χ4v) is 3.36. The molecule has 1 aliphatic heterocycles. The number of carbonyl (C=O) groups is 1. The Labute approximate surface area is 151 Å². The van der Waals surface area contributed by atoms with Gasteiger partial charge < -0.3 is 15.2 Å². The van der Waals surface area contributed by atoms with E-state index in [0.29, 0.717) is 42.4 Å². The van der Waals surface area contributed by atoms with Crippen LogP contribution in [0.15, 0.2) is 12.3 Å². The lowest BCUT2D eigenvalue weighted by atomic mass is 10.2. The summed E-state index contributed by atoms with van der Waals surface area (Å²) in [6.45, 7) is 2.66. The minimum absolute atomic E-state index is 0.364. The molecule has 0 saturated carbocycles. The number of rotatable bonds is 3. The van der Waals surface area contributed by atoms with Gasteiger partial charge in [-0.3, -0.25) is 4.79 Å². The quantitative estimate of drug-likeness (QED) is 0.721. The molecule has 4 rings (SSSR count). The highest BCUT2D eigenvalue weighted by Crippen LogP contribution is 2.31.